The molecule has 11 heteroatoms. The highest BCUT2D eigenvalue weighted by Gasteiger charge is 2.39. The van der Waals surface area contributed by atoms with Gasteiger partial charge in [-0.1, -0.05) is 66.5 Å². The number of benzene rings is 2. The molecule has 9 nitrogen and oxygen atoms in total. The maximum absolute atomic E-state index is 12.3. The van der Waals surface area contributed by atoms with Crippen LogP contribution in [-0.4, -0.2) is 38.7 Å². The van der Waals surface area contributed by atoms with Gasteiger partial charge in [-0.05, 0) is 30.2 Å². The van der Waals surface area contributed by atoms with E-state index in [1.54, 1.807) is 35.2 Å². The van der Waals surface area contributed by atoms with Gasteiger partial charge in [-0.15, -0.1) is 0 Å². The van der Waals surface area contributed by atoms with Crippen molar-refractivity contribution in [3.63, 3.8) is 0 Å². The lowest BCUT2D eigenvalue weighted by molar-refractivity contribution is -0.276. The zero-order valence-corrected chi connectivity index (χ0v) is 22.6. The van der Waals surface area contributed by atoms with Crippen LogP contribution in [0.1, 0.15) is 49.9 Å². The molecule has 0 bridgehead atoms. The molecule has 0 radical (unpaired) electrons. The van der Waals surface area contributed by atoms with Crippen LogP contribution in [-0.2, 0) is 37.0 Å². The predicted octanol–water partition coefficient (Wildman–Crippen LogP) is 5.06. The highest BCUT2D eigenvalue weighted by Crippen LogP contribution is 2.42. The van der Waals surface area contributed by atoms with Crippen molar-refractivity contribution in [2.24, 2.45) is 5.92 Å². The predicted molar refractivity (Wildman–Crippen MR) is 142 cm³/mol. The molecule has 38 heavy (non-hydrogen) atoms. The molecule has 1 aliphatic rings. The highest BCUT2D eigenvalue weighted by molar-refractivity contribution is 6.40. The van der Waals surface area contributed by atoms with Crippen LogP contribution in [0.3, 0.4) is 0 Å². The Morgan fingerprint density at radius 2 is 1.76 bits per heavy atom. The Kier molecular flexibility index (Phi) is 9.07. The molecule has 1 aromatic heterocycles. The summed E-state index contributed by atoms with van der Waals surface area (Å²) in [5.41, 5.74) is 3.04. The van der Waals surface area contributed by atoms with Gasteiger partial charge in [-0.2, -0.15) is 0 Å². The number of ether oxygens (including phenoxy) is 3. The molecular formula is C27H29Cl2N3O6. The minimum absolute atomic E-state index is 0.0435. The lowest BCUT2D eigenvalue weighted by Gasteiger charge is -2.41. The summed E-state index contributed by atoms with van der Waals surface area (Å²) < 4.78 is 19.5. The summed E-state index contributed by atoms with van der Waals surface area (Å²) in [7, 11) is 0. The van der Waals surface area contributed by atoms with E-state index in [0.717, 1.165) is 16.7 Å². The van der Waals surface area contributed by atoms with Gasteiger partial charge in [0.2, 0.25) is 0 Å². The number of nitrogens with one attached hydrogen (secondary N) is 1. The molecule has 5 atom stereocenters. The van der Waals surface area contributed by atoms with Crippen molar-refractivity contribution in [2.45, 2.75) is 58.5 Å². The van der Waals surface area contributed by atoms with E-state index in [0.29, 0.717) is 17.4 Å². The molecule has 2 aromatic carbocycles. The van der Waals surface area contributed by atoms with Crippen LogP contribution in [0.2, 0.25) is 10.3 Å². The van der Waals surface area contributed by atoms with Gasteiger partial charge in [0.1, 0.15) is 5.15 Å². The summed E-state index contributed by atoms with van der Waals surface area (Å²) in [6.45, 7) is 5.16. The molecule has 0 aliphatic carbocycles. The average molecular weight is 562 g/mol. The normalized spacial score (nSPS) is 22.1. The van der Waals surface area contributed by atoms with Crippen LogP contribution in [0.4, 0.5) is 5.69 Å². The van der Waals surface area contributed by atoms with Crippen LogP contribution in [0, 0.1) is 5.92 Å². The quantitative estimate of drug-likeness (QED) is 0.369. The maximum Gasteiger partial charge on any atom is 0.303 e. The molecule has 2 heterocycles. The van der Waals surface area contributed by atoms with Gasteiger partial charge in [0, 0.05) is 24.1 Å². The number of carbonyl (C=O) groups is 2. The molecule has 1 amide bonds. The van der Waals surface area contributed by atoms with Crippen molar-refractivity contribution < 1.29 is 28.9 Å². The van der Waals surface area contributed by atoms with Crippen molar-refractivity contribution in [3.05, 3.63) is 81.9 Å². The maximum atomic E-state index is 12.3. The number of aliphatic hydroxyl groups is 1. The molecule has 0 spiro atoms. The molecular weight excluding hydrogens is 533 g/mol. The second-order valence-corrected chi connectivity index (χ2v) is 9.88. The Hall–Kier alpha value is -2.95. The minimum Gasteiger partial charge on any atom is -0.453 e. The minimum atomic E-state index is -0.916. The summed E-state index contributed by atoms with van der Waals surface area (Å²) >= 11 is 12.4. The molecule has 0 unspecified atom stereocenters. The van der Waals surface area contributed by atoms with Crippen molar-refractivity contribution >= 4 is 40.8 Å². The molecule has 1 aliphatic heterocycles. The Morgan fingerprint density at radius 3 is 2.34 bits per heavy atom. The standard InChI is InChI=1S/C27H29Cl2N3O6/c1-15-22(12-32-14-30-24(28)25(32)29)37-27(38-23(15)19-6-4-18(13-33)5-7-19)20-8-10-21(11-9-20)31-26(35)16(2)36-17(3)34/h4-11,14-16,22-23,27,33H,12-13H2,1-3H3,(H,31,35)/t15-,16-,22+,23+,27+/m0/s1. The topological polar surface area (TPSA) is 112 Å². The van der Waals surface area contributed by atoms with E-state index in [1.807, 2.05) is 31.2 Å². The summed E-state index contributed by atoms with van der Waals surface area (Å²) in [5.74, 6) is -1.03. The fourth-order valence-electron chi connectivity index (χ4n) is 4.26. The van der Waals surface area contributed by atoms with Gasteiger partial charge in [0.15, 0.2) is 17.5 Å². The third-order valence-electron chi connectivity index (χ3n) is 6.40. The van der Waals surface area contributed by atoms with E-state index in [4.69, 9.17) is 37.4 Å². The number of hydrogen-bond acceptors (Lipinski definition) is 7. The van der Waals surface area contributed by atoms with E-state index in [1.165, 1.54) is 13.8 Å². The number of aromatic nitrogens is 2. The first-order valence-electron chi connectivity index (χ1n) is 12.1. The fourth-order valence-corrected chi connectivity index (χ4v) is 4.58. The van der Waals surface area contributed by atoms with E-state index in [2.05, 4.69) is 10.3 Å². The van der Waals surface area contributed by atoms with Crippen molar-refractivity contribution in [1.82, 2.24) is 9.55 Å². The Labute approximate surface area is 230 Å². The molecule has 2 N–H and O–H groups in total. The van der Waals surface area contributed by atoms with E-state index in [-0.39, 0.29) is 29.9 Å². The second-order valence-electron chi connectivity index (χ2n) is 9.16. The summed E-state index contributed by atoms with van der Waals surface area (Å²) in [6, 6.07) is 14.7. The molecule has 202 valence electrons. The zero-order valence-electron chi connectivity index (χ0n) is 21.1. The van der Waals surface area contributed by atoms with Gasteiger partial charge < -0.3 is 29.2 Å². The number of nitrogens with zero attached hydrogens (tertiary/aromatic N) is 2. The monoisotopic (exact) mass is 561 g/mol. The number of aliphatic hydroxyl groups excluding tert-OH is 1. The SMILES string of the molecule is CC(=O)O[C@@H](C)C(=O)Nc1ccc([C@@H]2O[C@H](Cn3cnc(Cl)c3Cl)[C@H](C)[C@H](c3ccc(CO)cc3)O2)cc1. The smallest absolute Gasteiger partial charge is 0.303 e. The number of amides is 1. The fraction of sp³-hybridized carbons (Fsp3) is 0.370. The van der Waals surface area contributed by atoms with Crippen molar-refractivity contribution in [2.75, 3.05) is 5.32 Å². The van der Waals surface area contributed by atoms with Gasteiger partial charge in [0.25, 0.3) is 5.91 Å². The zero-order chi connectivity index (χ0) is 27.4. The molecule has 1 saturated heterocycles. The first kappa shape index (κ1) is 28.1. The number of imidazole rings is 1. The Morgan fingerprint density at radius 1 is 1.11 bits per heavy atom. The Balaban J connectivity index is 1.56. The van der Waals surface area contributed by atoms with Crippen LogP contribution in [0.25, 0.3) is 0 Å². The van der Waals surface area contributed by atoms with E-state index >= 15 is 0 Å². The van der Waals surface area contributed by atoms with Crippen LogP contribution in [0.5, 0.6) is 0 Å². The van der Waals surface area contributed by atoms with E-state index in [9.17, 15) is 14.7 Å². The number of rotatable bonds is 8. The largest absolute Gasteiger partial charge is 0.453 e. The third-order valence-corrected chi connectivity index (χ3v) is 7.16. The molecule has 1 fully saturated rings. The lowest BCUT2D eigenvalue weighted by Crippen LogP contribution is -2.39. The lowest BCUT2D eigenvalue weighted by atomic mass is 9.90. The van der Waals surface area contributed by atoms with Crippen LogP contribution in [0.15, 0.2) is 54.9 Å². The van der Waals surface area contributed by atoms with E-state index < -0.39 is 24.3 Å². The van der Waals surface area contributed by atoms with Crippen LogP contribution >= 0.6 is 23.2 Å². The molecule has 3 aromatic rings. The van der Waals surface area contributed by atoms with Crippen molar-refractivity contribution in [1.29, 1.82) is 0 Å². The second kappa shape index (κ2) is 12.3. The summed E-state index contributed by atoms with van der Waals surface area (Å²) in [5, 5.41) is 12.7. The number of anilines is 1. The number of hydrogen-bond donors (Lipinski definition) is 2. The summed E-state index contributed by atoms with van der Waals surface area (Å²) in [4.78, 5) is 27.5. The number of esters is 1. The van der Waals surface area contributed by atoms with Gasteiger partial charge >= 0.3 is 5.97 Å². The highest BCUT2D eigenvalue weighted by atomic mass is 35.5. The third kappa shape index (κ3) is 6.54. The number of carbonyl (C=O) groups excluding carboxylic acids is 2. The summed E-state index contributed by atoms with van der Waals surface area (Å²) in [6.07, 6.45) is -0.664. The van der Waals surface area contributed by atoms with Crippen molar-refractivity contribution in [3.8, 4) is 0 Å². The van der Waals surface area contributed by atoms with Crippen LogP contribution < -0.4 is 5.32 Å². The average Bonchev–Trinajstić information content (AvgIpc) is 3.22. The van der Waals surface area contributed by atoms with Gasteiger partial charge in [0.05, 0.1) is 31.7 Å². The molecule has 4 rings (SSSR count). The number of halogens is 2. The first-order valence-corrected chi connectivity index (χ1v) is 12.9. The first-order chi connectivity index (χ1) is 18.2. The van der Waals surface area contributed by atoms with Gasteiger partial charge in [-0.3, -0.25) is 9.59 Å². The molecule has 0 saturated carbocycles. The Bertz CT molecular complexity index is 1260. The van der Waals surface area contributed by atoms with Gasteiger partial charge in [-0.25, -0.2) is 4.98 Å².